The Morgan fingerprint density at radius 2 is 1.30 bits per heavy atom. The van der Waals surface area contributed by atoms with Gasteiger partial charge in [-0.3, -0.25) is 0 Å². The zero-order chi connectivity index (χ0) is 7.66. The Balaban J connectivity index is 2.90. The van der Waals surface area contributed by atoms with E-state index in [1.807, 2.05) is 38.2 Å². The third kappa shape index (κ3) is 7.40. The first-order valence-electron chi connectivity index (χ1n) is 3.38. The first-order chi connectivity index (χ1) is 4.91. The summed E-state index contributed by atoms with van der Waals surface area (Å²) in [6.45, 7) is 4.92. The predicted molar refractivity (Wildman–Crippen MR) is 41.5 cm³/mol. The molecule has 0 spiro atoms. The molecule has 10 heavy (non-hydrogen) atoms. The first kappa shape index (κ1) is 9.40. The zero-order valence-electron chi connectivity index (χ0n) is 6.54. The molecule has 0 saturated heterocycles. The molecular formula is C8H14O2. The van der Waals surface area contributed by atoms with E-state index in [1.54, 1.807) is 0 Å². The molecule has 0 aromatic heterocycles. The highest BCUT2D eigenvalue weighted by molar-refractivity contribution is 4.76. The molecule has 58 valence electrons. The molecule has 0 aromatic rings. The molecule has 0 aliphatic heterocycles. The van der Waals surface area contributed by atoms with Crippen molar-refractivity contribution in [2.45, 2.75) is 13.8 Å². The molecule has 0 atom stereocenters. The van der Waals surface area contributed by atoms with E-state index < -0.39 is 0 Å². The Labute approximate surface area is 62.1 Å². The molecule has 0 unspecified atom stereocenters. The van der Waals surface area contributed by atoms with E-state index in [0.29, 0.717) is 13.2 Å². The van der Waals surface area contributed by atoms with E-state index in [4.69, 9.17) is 9.78 Å². The largest absolute Gasteiger partial charge is 0.232 e. The van der Waals surface area contributed by atoms with Crippen LogP contribution in [0.15, 0.2) is 24.3 Å². The molecule has 0 N–H and O–H groups in total. The third-order valence-corrected chi connectivity index (χ3v) is 0.883. The van der Waals surface area contributed by atoms with Crippen LogP contribution in [0.3, 0.4) is 0 Å². The Morgan fingerprint density at radius 1 is 0.900 bits per heavy atom. The fourth-order valence-corrected chi connectivity index (χ4v) is 0.367. The van der Waals surface area contributed by atoms with Gasteiger partial charge in [-0.05, 0) is 13.8 Å². The van der Waals surface area contributed by atoms with E-state index in [1.165, 1.54) is 0 Å². The van der Waals surface area contributed by atoms with Crippen molar-refractivity contribution in [3.63, 3.8) is 0 Å². The molecule has 0 aliphatic carbocycles. The maximum Gasteiger partial charge on any atom is 0.100 e. The van der Waals surface area contributed by atoms with E-state index in [2.05, 4.69) is 0 Å². The summed E-state index contributed by atoms with van der Waals surface area (Å²) in [5.74, 6) is 0. The molecule has 0 bridgehead atoms. The SMILES string of the molecule is C/C=C/COOC/C=C/C. The molecule has 0 rings (SSSR count). The molecule has 0 aliphatic rings. The Hall–Kier alpha value is -0.600. The summed E-state index contributed by atoms with van der Waals surface area (Å²) in [6, 6.07) is 0. The number of hydrogen-bond acceptors (Lipinski definition) is 2. The van der Waals surface area contributed by atoms with Gasteiger partial charge >= 0.3 is 0 Å². The predicted octanol–water partition coefficient (Wildman–Crippen LogP) is 2.09. The highest BCUT2D eigenvalue weighted by Gasteiger charge is 1.78. The van der Waals surface area contributed by atoms with Crippen LogP contribution in [-0.2, 0) is 9.78 Å². The molecule has 0 saturated carbocycles. The van der Waals surface area contributed by atoms with Crippen LogP contribution in [0.1, 0.15) is 13.8 Å². The number of hydrogen-bond donors (Lipinski definition) is 0. The fourth-order valence-electron chi connectivity index (χ4n) is 0.367. The summed E-state index contributed by atoms with van der Waals surface area (Å²) < 4.78 is 0. The van der Waals surface area contributed by atoms with Crippen molar-refractivity contribution in [3.05, 3.63) is 24.3 Å². The summed E-state index contributed by atoms with van der Waals surface area (Å²) >= 11 is 0. The van der Waals surface area contributed by atoms with Gasteiger partial charge in [-0.15, -0.1) is 0 Å². The van der Waals surface area contributed by atoms with E-state index in [0.717, 1.165) is 0 Å². The zero-order valence-corrected chi connectivity index (χ0v) is 6.54. The van der Waals surface area contributed by atoms with Crippen LogP contribution in [0.5, 0.6) is 0 Å². The lowest BCUT2D eigenvalue weighted by atomic mass is 10.6. The van der Waals surface area contributed by atoms with Gasteiger partial charge in [0.2, 0.25) is 0 Å². The molecular weight excluding hydrogens is 128 g/mol. The molecule has 0 amide bonds. The smallest absolute Gasteiger partial charge is 0.100 e. The minimum absolute atomic E-state index is 0.522. The minimum atomic E-state index is 0.522. The summed E-state index contributed by atoms with van der Waals surface area (Å²) in [6.07, 6.45) is 7.60. The number of rotatable bonds is 5. The van der Waals surface area contributed by atoms with Crippen LogP contribution >= 0.6 is 0 Å². The van der Waals surface area contributed by atoms with Crippen molar-refractivity contribution in [2.75, 3.05) is 13.2 Å². The van der Waals surface area contributed by atoms with Gasteiger partial charge in [0.15, 0.2) is 0 Å². The van der Waals surface area contributed by atoms with Crippen LogP contribution in [0.25, 0.3) is 0 Å². The third-order valence-electron chi connectivity index (χ3n) is 0.883. The van der Waals surface area contributed by atoms with E-state index in [-0.39, 0.29) is 0 Å². The number of allylic oxidation sites excluding steroid dienone is 2. The lowest BCUT2D eigenvalue weighted by Gasteiger charge is -1.95. The maximum absolute atomic E-state index is 4.74. The van der Waals surface area contributed by atoms with Gasteiger partial charge in [-0.2, -0.15) is 0 Å². The lowest BCUT2D eigenvalue weighted by Crippen LogP contribution is -1.93. The van der Waals surface area contributed by atoms with Crippen LogP contribution in [0, 0.1) is 0 Å². The average molecular weight is 142 g/mol. The second kappa shape index (κ2) is 8.40. The minimum Gasteiger partial charge on any atom is -0.232 e. The quantitative estimate of drug-likeness (QED) is 0.253. The van der Waals surface area contributed by atoms with Crippen molar-refractivity contribution in [1.29, 1.82) is 0 Å². The maximum atomic E-state index is 4.74. The Kier molecular flexibility index (Phi) is 7.90. The highest BCUT2D eigenvalue weighted by Crippen LogP contribution is 1.81. The second-order valence-electron chi connectivity index (χ2n) is 1.71. The monoisotopic (exact) mass is 142 g/mol. The van der Waals surface area contributed by atoms with Crippen molar-refractivity contribution in [2.24, 2.45) is 0 Å². The fraction of sp³-hybridized carbons (Fsp3) is 0.500. The normalized spacial score (nSPS) is 11.8. The van der Waals surface area contributed by atoms with Gasteiger partial charge in [0, 0.05) is 0 Å². The summed E-state index contributed by atoms with van der Waals surface area (Å²) in [5.41, 5.74) is 0. The van der Waals surface area contributed by atoms with Gasteiger partial charge in [-0.25, -0.2) is 9.78 Å². The Bertz CT molecular complexity index is 91.8. The molecule has 2 heteroatoms. The molecule has 0 radical (unpaired) electrons. The van der Waals surface area contributed by atoms with Crippen LogP contribution < -0.4 is 0 Å². The van der Waals surface area contributed by atoms with Gasteiger partial charge in [0.25, 0.3) is 0 Å². The van der Waals surface area contributed by atoms with Gasteiger partial charge in [0.1, 0.15) is 13.2 Å². The van der Waals surface area contributed by atoms with Gasteiger partial charge in [0.05, 0.1) is 0 Å². The molecule has 0 fully saturated rings. The van der Waals surface area contributed by atoms with Gasteiger partial charge in [-0.1, -0.05) is 24.3 Å². The van der Waals surface area contributed by atoms with Crippen LogP contribution in [-0.4, -0.2) is 13.2 Å². The standard InChI is InChI=1S/C8H14O2/c1-3-5-7-9-10-8-6-4-2/h3-6H,7-8H2,1-2H3/b5-3+,6-4+. The molecule has 0 aromatic carbocycles. The van der Waals surface area contributed by atoms with Crippen LogP contribution in [0.2, 0.25) is 0 Å². The topological polar surface area (TPSA) is 18.5 Å². The van der Waals surface area contributed by atoms with Gasteiger partial charge < -0.3 is 0 Å². The molecule has 2 nitrogen and oxygen atoms in total. The summed E-state index contributed by atoms with van der Waals surface area (Å²) in [7, 11) is 0. The first-order valence-corrected chi connectivity index (χ1v) is 3.38. The molecule has 0 heterocycles. The van der Waals surface area contributed by atoms with Crippen molar-refractivity contribution in [3.8, 4) is 0 Å². The Morgan fingerprint density at radius 3 is 1.60 bits per heavy atom. The highest BCUT2D eigenvalue weighted by atomic mass is 17.2. The summed E-state index contributed by atoms with van der Waals surface area (Å²) in [5, 5.41) is 0. The van der Waals surface area contributed by atoms with Crippen LogP contribution in [0.4, 0.5) is 0 Å². The van der Waals surface area contributed by atoms with E-state index in [9.17, 15) is 0 Å². The average Bonchev–Trinajstić information content (AvgIpc) is 1.97. The van der Waals surface area contributed by atoms with Crippen molar-refractivity contribution in [1.82, 2.24) is 0 Å². The van der Waals surface area contributed by atoms with Crippen molar-refractivity contribution < 1.29 is 9.78 Å². The van der Waals surface area contributed by atoms with E-state index >= 15 is 0 Å². The summed E-state index contributed by atoms with van der Waals surface area (Å²) in [4.78, 5) is 9.48. The van der Waals surface area contributed by atoms with Crippen molar-refractivity contribution >= 4 is 0 Å². The second-order valence-corrected chi connectivity index (χ2v) is 1.71. The lowest BCUT2D eigenvalue weighted by molar-refractivity contribution is -0.277.